The van der Waals surface area contributed by atoms with Crippen LogP contribution < -0.4 is 11.1 Å². The van der Waals surface area contributed by atoms with E-state index in [-0.39, 0.29) is 11.8 Å². The maximum absolute atomic E-state index is 12.7. The Morgan fingerprint density at radius 3 is 2.61 bits per heavy atom. The molecule has 1 heterocycles. The van der Waals surface area contributed by atoms with Crippen LogP contribution >= 0.6 is 11.6 Å². The summed E-state index contributed by atoms with van der Waals surface area (Å²) in [7, 11) is 0. The van der Waals surface area contributed by atoms with Crippen molar-refractivity contribution in [3.05, 3.63) is 46.9 Å². The Balaban J connectivity index is 1.90. The molecule has 2 rings (SSSR count). The van der Waals surface area contributed by atoms with Gasteiger partial charge >= 0.3 is 0 Å². The normalized spacial score (nSPS) is 10.3. The van der Waals surface area contributed by atoms with E-state index >= 15 is 0 Å². The lowest BCUT2D eigenvalue weighted by Gasteiger charge is -2.06. The maximum atomic E-state index is 12.7. The predicted octanol–water partition coefficient (Wildman–Crippen LogP) is 2.51. The average molecular weight is 267 g/mol. The molecule has 4 nitrogen and oxygen atoms in total. The molecule has 1 aromatic carbocycles. The third kappa shape index (κ3) is 3.56. The summed E-state index contributed by atoms with van der Waals surface area (Å²) in [5.41, 5.74) is 6.51. The Labute approximate surface area is 109 Å². The number of anilines is 2. The van der Waals surface area contributed by atoms with Gasteiger partial charge in [-0.1, -0.05) is 23.7 Å². The Morgan fingerprint density at radius 1 is 1.22 bits per heavy atom. The first-order valence-electron chi connectivity index (χ1n) is 5.42. The highest BCUT2D eigenvalue weighted by atomic mass is 35.5. The van der Waals surface area contributed by atoms with Crippen LogP contribution in [0.1, 0.15) is 5.56 Å². The molecule has 94 valence electrons. The molecule has 0 bridgehead atoms. The van der Waals surface area contributed by atoms with Gasteiger partial charge in [0.2, 0.25) is 5.95 Å². The largest absolute Gasteiger partial charge is 0.370 e. The summed E-state index contributed by atoms with van der Waals surface area (Å²) in [6.45, 7) is 0.651. The molecule has 6 heteroatoms. The lowest BCUT2D eigenvalue weighted by molar-refractivity contribution is 0.627. The summed E-state index contributed by atoms with van der Waals surface area (Å²) in [4.78, 5) is 7.75. The van der Waals surface area contributed by atoms with E-state index in [0.717, 1.165) is 12.0 Å². The van der Waals surface area contributed by atoms with Crippen molar-refractivity contribution in [2.45, 2.75) is 6.42 Å². The zero-order valence-corrected chi connectivity index (χ0v) is 10.3. The van der Waals surface area contributed by atoms with Crippen molar-refractivity contribution in [3.8, 4) is 0 Å². The minimum absolute atomic E-state index is 0.131. The van der Waals surface area contributed by atoms with Crippen molar-refractivity contribution >= 4 is 23.4 Å². The van der Waals surface area contributed by atoms with Crippen LogP contribution in [-0.2, 0) is 6.42 Å². The van der Waals surface area contributed by atoms with Gasteiger partial charge < -0.3 is 11.1 Å². The van der Waals surface area contributed by atoms with Gasteiger partial charge in [-0.15, -0.1) is 0 Å². The van der Waals surface area contributed by atoms with Gasteiger partial charge in [0.15, 0.2) is 0 Å². The van der Waals surface area contributed by atoms with Gasteiger partial charge in [0, 0.05) is 12.6 Å². The van der Waals surface area contributed by atoms with Crippen molar-refractivity contribution in [2.24, 2.45) is 0 Å². The molecule has 0 aliphatic rings. The number of nitrogen functional groups attached to an aromatic ring is 1. The Kier molecular flexibility index (Phi) is 3.94. The highest BCUT2D eigenvalue weighted by molar-refractivity contribution is 6.29. The second kappa shape index (κ2) is 5.64. The third-order valence-electron chi connectivity index (χ3n) is 2.35. The SMILES string of the molecule is Nc1nc(Cl)cc(NCCc2ccc(F)cc2)n1. The monoisotopic (exact) mass is 266 g/mol. The van der Waals surface area contributed by atoms with Crippen molar-refractivity contribution in [2.75, 3.05) is 17.6 Å². The molecule has 0 fully saturated rings. The van der Waals surface area contributed by atoms with Crippen LogP contribution in [-0.4, -0.2) is 16.5 Å². The van der Waals surface area contributed by atoms with Crippen molar-refractivity contribution in [1.82, 2.24) is 9.97 Å². The fourth-order valence-corrected chi connectivity index (χ4v) is 1.70. The van der Waals surface area contributed by atoms with Crippen molar-refractivity contribution in [1.29, 1.82) is 0 Å². The predicted molar refractivity (Wildman–Crippen MR) is 70.0 cm³/mol. The minimum Gasteiger partial charge on any atom is -0.370 e. The topological polar surface area (TPSA) is 63.8 Å². The second-order valence-corrected chi connectivity index (χ2v) is 4.12. The number of benzene rings is 1. The first-order chi connectivity index (χ1) is 8.63. The van der Waals surface area contributed by atoms with Crippen molar-refractivity contribution in [3.63, 3.8) is 0 Å². The van der Waals surface area contributed by atoms with E-state index in [2.05, 4.69) is 15.3 Å². The van der Waals surface area contributed by atoms with E-state index < -0.39 is 0 Å². The number of rotatable bonds is 4. The van der Waals surface area contributed by atoms with E-state index in [4.69, 9.17) is 17.3 Å². The standard InChI is InChI=1S/C12H12ClFN4/c13-10-7-11(18-12(15)17-10)16-6-5-8-1-3-9(14)4-2-8/h1-4,7H,5-6H2,(H3,15,16,17,18). The van der Waals surface area contributed by atoms with E-state index in [1.165, 1.54) is 12.1 Å². The van der Waals surface area contributed by atoms with Gasteiger partial charge in [-0.25, -0.2) is 9.37 Å². The molecule has 0 saturated carbocycles. The molecule has 0 amide bonds. The summed E-state index contributed by atoms with van der Waals surface area (Å²) in [6.07, 6.45) is 0.752. The molecule has 0 aliphatic carbocycles. The van der Waals surface area contributed by atoms with Crippen molar-refractivity contribution < 1.29 is 4.39 Å². The van der Waals surface area contributed by atoms with Crippen LogP contribution in [0.5, 0.6) is 0 Å². The number of nitrogens with two attached hydrogens (primary N) is 1. The number of aromatic nitrogens is 2. The van der Waals surface area contributed by atoms with Crippen LogP contribution in [0.3, 0.4) is 0 Å². The number of nitrogens with one attached hydrogen (secondary N) is 1. The highest BCUT2D eigenvalue weighted by Gasteiger charge is 2.00. The van der Waals surface area contributed by atoms with Crippen LogP contribution in [0.25, 0.3) is 0 Å². The molecule has 3 N–H and O–H groups in total. The highest BCUT2D eigenvalue weighted by Crippen LogP contribution is 2.12. The van der Waals surface area contributed by atoms with E-state index in [1.54, 1.807) is 18.2 Å². The Bertz CT molecular complexity index is 510. The zero-order valence-electron chi connectivity index (χ0n) is 9.53. The van der Waals surface area contributed by atoms with Gasteiger partial charge in [-0.3, -0.25) is 0 Å². The Hall–Kier alpha value is -1.88. The van der Waals surface area contributed by atoms with Gasteiger partial charge in [-0.2, -0.15) is 4.98 Å². The minimum atomic E-state index is -0.234. The first-order valence-corrected chi connectivity index (χ1v) is 5.79. The number of nitrogens with zero attached hydrogens (tertiary/aromatic N) is 2. The summed E-state index contributed by atoms with van der Waals surface area (Å²) in [5, 5.41) is 3.38. The Morgan fingerprint density at radius 2 is 1.94 bits per heavy atom. The molecular formula is C12H12ClFN4. The molecule has 0 aliphatic heterocycles. The van der Waals surface area contributed by atoms with Crippen LogP contribution in [0.4, 0.5) is 16.2 Å². The summed E-state index contributed by atoms with van der Waals surface area (Å²) in [6, 6.07) is 7.98. The number of hydrogen-bond donors (Lipinski definition) is 2. The molecule has 18 heavy (non-hydrogen) atoms. The molecule has 0 saturated heterocycles. The molecule has 0 unspecified atom stereocenters. The fourth-order valence-electron chi connectivity index (χ4n) is 1.51. The van der Waals surface area contributed by atoms with Crippen LogP contribution in [0.2, 0.25) is 5.15 Å². The van der Waals surface area contributed by atoms with E-state index in [0.29, 0.717) is 17.5 Å². The molecule has 2 aromatic rings. The van der Waals surface area contributed by atoms with Gasteiger partial charge in [-0.05, 0) is 24.1 Å². The fraction of sp³-hybridized carbons (Fsp3) is 0.167. The number of hydrogen-bond acceptors (Lipinski definition) is 4. The molecule has 0 radical (unpaired) electrons. The molecule has 0 spiro atoms. The van der Waals surface area contributed by atoms with E-state index in [1.807, 2.05) is 0 Å². The third-order valence-corrected chi connectivity index (χ3v) is 2.54. The van der Waals surface area contributed by atoms with Crippen LogP contribution in [0, 0.1) is 5.82 Å². The quantitative estimate of drug-likeness (QED) is 0.835. The lowest BCUT2D eigenvalue weighted by atomic mass is 10.1. The van der Waals surface area contributed by atoms with Crippen LogP contribution in [0.15, 0.2) is 30.3 Å². The number of halogens is 2. The smallest absolute Gasteiger partial charge is 0.223 e. The van der Waals surface area contributed by atoms with E-state index in [9.17, 15) is 4.39 Å². The molecular weight excluding hydrogens is 255 g/mol. The second-order valence-electron chi connectivity index (χ2n) is 3.74. The lowest BCUT2D eigenvalue weighted by Crippen LogP contribution is -2.08. The summed E-state index contributed by atoms with van der Waals surface area (Å²) in [5.74, 6) is 0.475. The molecule has 0 atom stereocenters. The van der Waals surface area contributed by atoms with Gasteiger partial charge in [0.25, 0.3) is 0 Å². The van der Waals surface area contributed by atoms with Gasteiger partial charge in [0.05, 0.1) is 0 Å². The zero-order chi connectivity index (χ0) is 13.0. The van der Waals surface area contributed by atoms with Gasteiger partial charge in [0.1, 0.15) is 16.8 Å². The first kappa shape index (κ1) is 12.6. The molecule has 1 aromatic heterocycles. The maximum Gasteiger partial charge on any atom is 0.223 e. The average Bonchev–Trinajstić information content (AvgIpc) is 2.30. The summed E-state index contributed by atoms with van der Waals surface area (Å²) < 4.78 is 12.7. The summed E-state index contributed by atoms with van der Waals surface area (Å²) >= 11 is 5.75.